The number of fused-ring (bicyclic) bond motifs is 1. The quantitative estimate of drug-likeness (QED) is 0.693. The summed E-state index contributed by atoms with van der Waals surface area (Å²) < 4.78 is 11.2. The Morgan fingerprint density at radius 1 is 1.14 bits per heavy atom. The molecule has 0 unspecified atom stereocenters. The number of carbonyl (C=O) groups excluding carboxylic acids is 1. The van der Waals surface area contributed by atoms with Crippen LogP contribution in [0.1, 0.15) is 33.3 Å². The number of nitrogens with zero attached hydrogens (tertiary/aromatic N) is 1. The summed E-state index contributed by atoms with van der Waals surface area (Å²) >= 11 is 0. The van der Waals surface area contributed by atoms with Crippen molar-refractivity contribution in [1.29, 1.82) is 0 Å². The number of amides is 1. The number of benzene rings is 2. The number of hydrogen-bond acceptors (Lipinski definition) is 5. The van der Waals surface area contributed by atoms with Gasteiger partial charge in [-0.15, -0.1) is 0 Å². The van der Waals surface area contributed by atoms with Crippen LogP contribution in [0.2, 0.25) is 0 Å². The van der Waals surface area contributed by atoms with E-state index < -0.39 is 5.91 Å². The van der Waals surface area contributed by atoms with Crippen LogP contribution in [0, 0.1) is 13.8 Å². The summed E-state index contributed by atoms with van der Waals surface area (Å²) in [4.78, 5) is 27.2. The van der Waals surface area contributed by atoms with Crippen molar-refractivity contribution in [2.45, 2.75) is 19.9 Å². The second-order valence-electron chi connectivity index (χ2n) is 7.34. The zero-order chi connectivity index (χ0) is 21.1. The molecule has 2 aromatic carbocycles. The minimum absolute atomic E-state index is 0.00304. The third-order valence-electron chi connectivity index (χ3n) is 5.14. The first-order valence-corrected chi connectivity index (χ1v) is 9.44. The van der Waals surface area contributed by atoms with Gasteiger partial charge < -0.3 is 19.4 Å². The van der Waals surface area contributed by atoms with Gasteiger partial charge in [-0.1, -0.05) is 18.2 Å². The highest BCUT2D eigenvalue weighted by Crippen LogP contribution is 2.27. The van der Waals surface area contributed by atoms with E-state index in [4.69, 9.17) is 9.15 Å². The molecule has 0 aliphatic carbocycles. The molecule has 0 aliphatic heterocycles. The van der Waals surface area contributed by atoms with Gasteiger partial charge in [0.2, 0.25) is 0 Å². The summed E-state index contributed by atoms with van der Waals surface area (Å²) in [5, 5.41) is 3.36. The maximum Gasteiger partial charge on any atom is 0.287 e. The van der Waals surface area contributed by atoms with E-state index in [-0.39, 0.29) is 17.2 Å². The number of methoxy groups -OCH3 is 1. The molecule has 1 heterocycles. The van der Waals surface area contributed by atoms with Gasteiger partial charge in [0.15, 0.2) is 11.2 Å². The Hall–Kier alpha value is -3.12. The normalized spacial score (nSPS) is 12.2. The van der Waals surface area contributed by atoms with Crippen LogP contribution in [0.5, 0.6) is 5.75 Å². The molecule has 1 atom stereocenters. The molecule has 1 N–H and O–H groups in total. The van der Waals surface area contributed by atoms with E-state index in [1.54, 1.807) is 19.2 Å². The van der Waals surface area contributed by atoms with Crippen LogP contribution in [0.15, 0.2) is 51.7 Å². The first-order valence-electron chi connectivity index (χ1n) is 9.44. The minimum atomic E-state index is -0.427. The van der Waals surface area contributed by atoms with Crippen LogP contribution in [0.25, 0.3) is 11.0 Å². The van der Waals surface area contributed by atoms with Crippen LogP contribution in [0.3, 0.4) is 0 Å². The number of likely N-dealkylation sites (N-methyl/N-ethyl adjacent to an activating group) is 1. The van der Waals surface area contributed by atoms with Crippen LogP contribution in [-0.2, 0) is 0 Å². The van der Waals surface area contributed by atoms with Gasteiger partial charge in [-0.25, -0.2) is 0 Å². The number of para-hydroxylation sites is 1. The number of aryl methyl sites for hydroxylation is 2. The van der Waals surface area contributed by atoms with E-state index >= 15 is 0 Å². The summed E-state index contributed by atoms with van der Waals surface area (Å²) in [6, 6.07) is 12.4. The number of nitrogens with one attached hydrogen (secondary N) is 1. The minimum Gasteiger partial charge on any atom is -0.496 e. The predicted molar refractivity (Wildman–Crippen MR) is 114 cm³/mol. The summed E-state index contributed by atoms with van der Waals surface area (Å²) in [6.07, 6.45) is 0. The summed E-state index contributed by atoms with van der Waals surface area (Å²) in [6.45, 7) is 4.21. The molecule has 6 heteroatoms. The molecule has 0 saturated heterocycles. The van der Waals surface area contributed by atoms with E-state index in [1.807, 2.05) is 57.1 Å². The Labute approximate surface area is 170 Å². The molecule has 0 fully saturated rings. The van der Waals surface area contributed by atoms with Gasteiger partial charge in [0.25, 0.3) is 5.91 Å². The van der Waals surface area contributed by atoms with Crippen molar-refractivity contribution in [3.05, 3.63) is 75.1 Å². The van der Waals surface area contributed by atoms with Gasteiger partial charge in [-0.3, -0.25) is 9.59 Å². The Bertz CT molecular complexity index is 1100. The molecule has 6 nitrogen and oxygen atoms in total. The largest absolute Gasteiger partial charge is 0.496 e. The Balaban J connectivity index is 1.85. The zero-order valence-corrected chi connectivity index (χ0v) is 17.4. The van der Waals surface area contributed by atoms with Gasteiger partial charge in [-0.2, -0.15) is 0 Å². The first-order chi connectivity index (χ1) is 13.8. The molecule has 1 aromatic heterocycles. The highest BCUT2D eigenvalue weighted by molar-refractivity contribution is 5.93. The number of hydrogen-bond donors (Lipinski definition) is 1. The van der Waals surface area contributed by atoms with Crippen molar-refractivity contribution in [3.8, 4) is 5.75 Å². The van der Waals surface area contributed by atoms with E-state index in [9.17, 15) is 9.59 Å². The molecule has 3 aromatic rings. The van der Waals surface area contributed by atoms with Crippen molar-refractivity contribution < 1.29 is 13.9 Å². The smallest absolute Gasteiger partial charge is 0.287 e. The Morgan fingerprint density at radius 3 is 2.52 bits per heavy atom. The van der Waals surface area contributed by atoms with Crippen LogP contribution in [0.4, 0.5) is 0 Å². The van der Waals surface area contributed by atoms with Crippen molar-refractivity contribution in [2.24, 2.45) is 0 Å². The molecular weight excluding hydrogens is 368 g/mol. The fourth-order valence-electron chi connectivity index (χ4n) is 3.31. The number of carbonyl (C=O) groups is 1. The average Bonchev–Trinajstić information content (AvgIpc) is 2.69. The third-order valence-corrected chi connectivity index (χ3v) is 5.14. The van der Waals surface area contributed by atoms with Gasteiger partial charge in [0.1, 0.15) is 11.3 Å². The van der Waals surface area contributed by atoms with E-state index in [0.29, 0.717) is 17.5 Å². The van der Waals surface area contributed by atoms with Crippen molar-refractivity contribution in [3.63, 3.8) is 0 Å². The topological polar surface area (TPSA) is 71.8 Å². The lowest BCUT2D eigenvalue weighted by atomic mass is 10.0. The lowest BCUT2D eigenvalue weighted by Gasteiger charge is -2.26. The van der Waals surface area contributed by atoms with Crippen LogP contribution < -0.4 is 15.5 Å². The molecule has 29 heavy (non-hydrogen) atoms. The zero-order valence-electron chi connectivity index (χ0n) is 17.4. The molecule has 0 radical (unpaired) electrons. The summed E-state index contributed by atoms with van der Waals surface area (Å²) in [5.41, 5.74) is 3.16. The number of ether oxygens (including phenoxy) is 1. The van der Waals surface area contributed by atoms with Gasteiger partial charge in [0.05, 0.1) is 18.5 Å². The molecular formula is C23H26N2O4. The van der Waals surface area contributed by atoms with Gasteiger partial charge >= 0.3 is 0 Å². The Kier molecular flexibility index (Phi) is 6.03. The summed E-state index contributed by atoms with van der Waals surface area (Å²) in [5.74, 6) is 0.329. The maximum absolute atomic E-state index is 12.7. The second kappa shape index (κ2) is 8.49. The molecule has 3 rings (SSSR count). The van der Waals surface area contributed by atoms with Crippen molar-refractivity contribution in [1.82, 2.24) is 10.2 Å². The molecule has 0 spiro atoms. The van der Waals surface area contributed by atoms with E-state index in [1.165, 1.54) is 6.07 Å². The van der Waals surface area contributed by atoms with Crippen molar-refractivity contribution in [2.75, 3.05) is 27.7 Å². The fraction of sp³-hybridized carbons (Fsp3) is 0.304. The van der Waals surface area contributed by atoms with Crippen LogP contribution in [-0.4, -0.2) is 38.6 Å². The first kappa shape index (κ1) is 20.6. The lowest BCUT2D eigenvalue weighted by Crippen LogP contribution is -2.35. The van der Waals surface area contributed by atoms with Crippen molar-refractivity contribution >= 4 is 16.9 Å². The highest BCUT2D eigenvalue weighted by Gasteiger charge is 2.20. The molecule has 152 valence electrons. The molecule has 0 aliphatic rings. The molecule has 0 saturated carbocycles. The second-order valence-corrected chi connectivity index (χ2v) is 7.34. The van der Waals surface area contributed by atoms with Gasteiger partial charge in [0, 0.05) is 18.2 Å². The van der Waals surface area contributed by atoms with E-state index in [0.717, 1.165) is 22.4 Å². The lowest BCUT2D eigenvalue weighted by molar-refractivity contribution is 0.0914. The summed E-state index contributed by atoms with van der Waals surface area (Å²) in [7, 11) is 5.49. The average molecular weight is 394 g/mol. The predicted octanol–water partition coefficient (Wildman–Crippen LogP) is 3.45. The monoisotopic (exact) mass is 394 g/mol. The third kappa shape index (κ3) is 4.32. The molecule has 0 bridgehead atoms. The fourth-order valence-corrected chi connectivity index (χ4v) is 3.31. The van der Waals surface area contributed by atoms with Crippen LogP contribution >= 0.6 is 0 Å². The maximum atomic E-state index is 12.7. The van der Waals surface area contributed by atoms with Gasteiger partial charge in [-0.05, 0) is 57.3 Å². The Morgan fingerprint density at radius 2 is 1.83 bits per heavy atom. The highest BCUT2D eigenvalue weighted by atomic mass is 16.5. The molecule has 1 amide bonds. The van der Waals surface area contributed by atoms with E-state index in [2.05, 4.69) is 5.32 Å². The number of rotatable bonds is 6. The standard InChI is InChI=1S/C23H26N2O4/c1-14-10-17-19(26)12-22(29-21(17)11-15(14)2)23(27)24-13-18(25(3)4)16-8-6-7-9-20(16)28-5/h6-12,18H,13H2,1-5H3,(H,24,27)/t18-/m1/s1. The SMILES string of the molecule is COc1ccccc1[C@@H](CNC(=O)c1cc(=O)c2cc(C)c(C)cc2o1)N(C)C.